The van der Waals surface area contributed by atoms with Crippen LogP contribution in [0.1, 0.15) is 32.4 Å². The molecule has 8 heteroatoms. The largest absolute Gasteiger partial charge is 0.476 e. The lowest BCUT2D eigenvalue weighted by Crippen LogP contribution is -2.26. The van der Waals surface area contributed by atoms with Gasteiger partial charge in [-0.15, -0.1) is 0 Å². The highest BCUT2D eigenvalue weighted by molar-refractivity contribution is 5.96. The topological polar surface area (TPSA) is 105 Å². The fourth-order valence-corrected chi connectivity index (χ4v) is 2.20. The number of halogens is 1. The molecule has 0 unspecified atom stereocenters. The van der Waals surface area contributed by atoms with Gasteiger partial charge in [0.15, 0.2) is 0 Å². The second kappa shape index (κ2) is 8.11. The van der Waals surface area contributed by atoms with Gasteiger partial charge in [0.25, 0.3) is 5.91 Å². The van der Waals surface area contributed by atoms with Crippen LogP contribution >= 0.6 is 0 Å². The number of benzene rings is 2. The van der Waals surface area contributed by atoms with Crippen molar-refractivity contribution in [3.63, 3.8) is 0 Å². The number of hydrogen-bond donors (Lipinski definition) is 1. The van der Waals surface area contributed by atoms with Crippen LogP contribution < -0.4 is 10.5 Å². The average Bonchev–Trinajstić information content (AvgIpc) is 2.65. The first-order valence-corrected chi connectivity index (χ1v) is 7.39. The summed E-state index contributed by atoms with van der Waals surface area (Å²) in [4.78, 5) is 35.3. The highest BCUT2D eigenvalue weighted by Crippen LogP contribution is 2.25. The zero-order valence-electron chi connectivity index (χ0n) is 14.0. The second-order valence-corrected chi connectivity index (χ2v) is 5.18. The maximum Gasteiger partial charge on any atom is 0.338 e. The van der Waals surface area contributed by atoms with E-state index in [-0.39, 0.29) is 16.9 Å². The molecular formula is C18H16FNO6. The van der Waals surface area contributed by atoms with E-state index in [0.717, 1.165) is 12.1 Å². The predicted molar refractivity (Wildman–Crippen MR) is 88.1 cm³/mol. The third-order valence-electron chi connectivity index (χ3n) is 3.43. The maximum absolute atomic E-state index is 13.1. The van der Waals surface area contributed by atoms with Crippen molar-refractivity contribution >= 4 is 17.8 Å². The van der Waals surface area contributed by atoms with Crippen molar-refractivity contribution in [2.45, 2.75) is 6.10 Å². The predicted octanol–water partition coefficient (Wildman–Crippen LogP) is 2.00. The van der Waals surface area contributed by atoms with E-state index in [2.05, 4.69) is 9.47 Å². The van der Waals surface area contributed by atoms with Gasteiger partial charge >= 0.3 is 11.9 Å². The van der Waals surface area contributed by atoms with E-state index in [1.165, 1.54) is 44.6 Å². The number of carbonyl (C=O) groups is 3. The molecule has 0 aliphatic carbocycles. The van der Waals surface area contributed by atoms with Crippen molar-refractivity contribution in [2.24, 2.45) is 5.73 Å². The number of methoxy groups -OCH3 is 2. The van der Waals surface area contributed by atoms with Crippen LogP contribution in [0, 0.1) is 5.82 Å². The normalized spacial score (nSPS) is 11.3. The molecule has 0 radical (unpaired) electrons. The number of rotatable bonds is 6. The van der Waals surface area contributed by atoms with Crippen molar-refractivity contribution in [2.75, 3.05) is 14.2 Å². The number of nitrogens with two attached hydrogens (primary N) is 1. The molecular weight excluding hydrogens is 345 g/mol. The molecule has 1 amide bonds. The highest BCUT2D eigenvalue weighted by atomic mass is 19.1. The Kier molecular flexibility index (Phi) is 5.90. The minimum atomic E-state index is -1.26. The molecule has 1 atom stereocenters. The van der Waals surface area contributed by atoms with Crippen LogP contribution in [0.15, 0.2) is 42.5 Å². The summed E-state index contributed by atoms with van der Waals surface area (Å²) in [6.45, 7) is 0. The first-order chi connectivity index (χ1) is 12.3. The zero-order valence-corrected chi connectivity index (χ0v) is 14.0. The molecule has 2 aromatic rings. The van der Waals surface area contributed by atoms with Crippen molar-refractivity contribution in [1.82, 2.24) is 0 Å². The van der Waals surface area contributed by atoms with E-state index < -0.39 is 29.8 Å². The van der Waals surface area contributed by atoms with E-state index in [1.807, 2.05) is 0 Å². The van der Waals surface area contributed by atoms with Crippen LogP contribution in [0.4, 0.5) is 4.39 Å². The Balaban J connectivity index is 2.44. The van der Waals surface area contributed by atoms with Gasteiger partial charge in [0.2, 0.25) is 6.10 Å². The van der Waals surface area contributed by atoms with Crippen molar-refractivity contribution in [1.29, 1.82) is 0 Å². The smallest absolute Gasteiger partial charge is 0.338 e. The monoisotopic (exact) mass is 361 g/mol. The average molecular weight is 361 g/mol. The van der Waals surface area contributed by atoms with Gasteiger partial charge in [-0.1, -0.05) is 12.1 Å². The molecule has 0 aliphatic rings. The number of amides is 1. The standard InChI is InChI=1S/C18H16FNO6/c1-24-17(22)11-7-12(18(23)25-2)9-14(8-11)26-15(16(20)21)10-3-5-13(19)6-4-10/h3-9,15H,1-2H3,(H2,20,21)/t15-/m0/s1. The Bertz CT molecular complexity index is 800. The van der Waals surface area contributed by atoms with Crippen LogP contribution in [0.5, 0.6) is 5.75 Å². The van der Waals surface area contributed by atoms with Gasteiger partial charge in [-0.3, -0.25) is 4.79 Å². The fraction of sp³-hybridized carbons (Fsp3) is 0.167. The second-order valence-electron chi connectivity index (χ2n) is 5.18. The SMILES string of the molecule is COC(=O)c1cc(O[C@H](C(N)=O)c2ccc(F)cc2)cc(C(=O)OC)c1. The van der Waals surface area contributed by atoms with Crippen LogP contribution in [0.2, 0.25) is 0 Å². The van der Waals surface area contributed by atoms with Crippen LogP contribution in [-0.4, -0.2) is 32.1 Å². The van der Waals surface area contributed by atoms with E-state index in [0.29, 0.717) is 5.56 Å². The first kappa shape index (κ1) is 18.9. The molecule has 136 valence electrons. The lowest BCUT2D eigenvalue weighted by molar-refractivity contribution is -0.125. The summed E-state index contributed by atoms with van der Waals surface area (Å²) in [6.07, 6.45) is -1.26. The molecule has 0 spiro atoms. The summed E-state index contributed by atoms with van der Waals surface area (Å²) in [7, 11) is 2.36. The van der Waals surface area contributed by atoms with Gasteiger partial charge in [0.05, 0.1) is 25.3 Å². The van der Waals surface area contributed by atoms with Gasteiger partial charge in [-0.05, 0) is 30.3 Å². The van der Waals surface area contributed by atoms with E-state index in [9.17, 15) is 18.8 Å². The minimum Gasteiger partial charge on any atom is -0.476 e. The summed E-state index contributed by atoms with van der Waals surface area (Å²) < 4.78 is 27.9. The molecule has 0 fully saturated rings. The van der Waals surface area contributed by atoms with Crippen molar-refractivity contribution in [3.05, 3.63) is 65.0 Å². The Hall–Kier alpha value is -3.42. The molecule has 0 saturated heterocycles. The molecule has 2 aromatic carbocycles. The van der Waals surface area contributed by atoms with Crippen molar-refractivity contribution in [3.8, 4) is 5.75 Å². The fourth-order valence-electron chi connectivity index (χ4n) is 2.20. The Morgan fingerprint density at radius 2 is 1.42 bits per heavy atom. The Morgan fingerprint density at radius 1 is 0.923 bits per heavy atom. The zero-order chi connectivity index (χ0) is 19.3. The van der Waals surface area contributed by atoms with Crippen LogP contribution in [0.3, 0.4) is 0 Å². The Labute approximate surface area is 148 Å². The van der Waals surface area contributed by atoms with E-state index >= 15 is 0 Å². The van der Waals surface area contributed by atoms with Gasteiger partial charge in [-0.2, -0.15) is 0 Å². The minimum absolute atomic E-state index is 0.0152. The van der Waals surface area contributed by atoms with Gasteiger partial charge < -0.3 is 19.9 Å². The van der Waals surface area contributed by atoms with Crippen molar-refractivity contribution < 1.29 is 33.0 Å². The number of ether oxygens (including phenoxy) is 3. The molecule has 0 heterocycles. The molecule has 0 bridgehead atoms. The molecule has 2 rings (SSSR count). The molecule has 2 N–H and O–H groups in total. The van der Waals surface area contributed by atoms with E-state index in [1.54, 1.807) is 0 Å². The summed E-state index contributed by atoms with van der Waals surface area (Å²) in [5.74, 6) is -2.73. The summed E-state index contributed by atoms with van der Waals surface area (Å²) in [5, 5.41) is 0. The Morgan fingerprint density at radius 3 is 1.85 bits per heavy atom. The van der Waals surface area contributed by atoms with Gasteiger partial charge in [0.1, 0.15) is 11.6 Å². The number of primary amides is 1. The molecule has 0 aliphatic heterocycles. The molecule has 7 nitrogen and oxygen atoms in total. The first-order valence-electron chi connectivity index (χ1n) is 7.39. The third kappa shape index (κ3) is 4.35. The number of hydrogen-bond acceptors (Lipinski definition) is 6. The van der Waals surface area contributed by atoms with Crippen LogP contribution in [-0.2, 0) is 14.3 Å². The highest BCUT2D eigenvalue weighted by Gasteiger charge is 2.22. The molecule has 0 aromatic heterocycles. The van der Waals surface area contributed by atoms with Crippen LogP contribution in [0.25, 0.3) is 0 Å². The lowest BCUT2D eigenvalue weighted by Gasteiger charge is -2.17. The maximum atomic E-state index is 13.1. The third-order valence-corrected chi connectivity index (χ3v) is 3.43. The summed E-state index contributed by atoms with van der Waals surface area (Å²) >= 11 is 0. The summed E-state index contributed by atoms with van der Waals surface area (Å²) in [6, 6.07) is 8.84. The van der Waals surface area contributed by atoms with Gasteiger partial charge in [-0.25, -0.2) is 14.0 Å². The lowest BCUT2D eigenvalue weighted by atomic mass is 10.1. The molecule has 26 heavy (non-hydrogen) atoms. The van der Waals surface area contributed by atoms with Gasteiger partial charge in [0, 0.05) is 5.56 Å². The molecule has 0 saturated carbocycles. The quantitative estimate of drug-likeness (QED) is 0.789. The van der Waals surface area contributed by atoms with E-state index in [4.69, 9.17) is 10.5 Å². The summed E-state index contributed by atoms with van der Waals surface area (Å²) in [5.41, 5.74) is 5.71. The number of esters is 2. The number of carbonyl (C=O) groups excluding carboxylic acids is 3.